The zero-order valence-corrected chi connectivity index (χ0v) is 8.03. The maximum Gasteiger partial charge on any atom is 0.320 e. The van der Waals surface area contributed by atoms with E-state index >= 15 is 0 Å². The number of aliphatic carboxylic acids is 1. The molecule has 3 heteroatoms. The van der Waals surface area contributed by atoms with Gasteiger partial charge in [-0.25, -0.2) is 0 Å². The Morgan fingerprint density at radius 2 is 2.00 bits per heavy atom. The Bertz CT molecular complexity index is 339. The smallest absolute Gasteiger partial charge is 0.320 e. The number of carboxylic acids is 1. The molecule has 0 amide bonds. The standard InChI is InChI=1S/C11H13NO2/c1-7-2-4-8(5-3-7)9-6-10(12-9)11(13)14/h2-5,9-10,12H,6H2,1H3,(H,13,14). The molecule has 2 unspecified atom stereocenters. The van der Waals surface area contributed by atoms with Crippen molar-refractivity contribution in [3.05, 3.63) is 35.4 Å². The summed E-state index contributed by atoms with van der Waals surface area (Å²) < 4.78 is 0. The molecule has 1 fully saturated rings. The predicted octanol–water partition coefficient (Wildman–Crippen LogP) is 1.48. The van der Waals surface area contributed by atoms with Crippen LogP contribution in [0.5, 0.6) is 0 Å². The largest absolute Gasteiger partial charge is 0.480 e. The molecule has 1 heterocycles. The quantitative estimate of drug-likeness (QED) is 0.744. The molecule has 0 aromatic heterocycles. The highest BCUT2D eigenvalue weighted by atomic mass is 16.4. The molecule has 1 aliphatic heterocycles. The Kier molecular flexibility index (Phi) is 2.25. The van der Waals surface area contributed by atoms with Gasteiger partial charge in [0.15, 0.2) is 0 Å². The number of hydrogen-bond acceptors (Lipinski definition) is 2. The summed E-state index contributed by atoms with van der Waals surface area (Å²) in [5, 5.41) is 11.7. The topological polar surface area (TPSA) is 49.3 Å². The third-order valence-electron chi connectivity index (χ3n) is 2.65. The molecule has 74 valence electrons. The molecule has 2 rings (SSSR count). The summed E-state index contributed by atoms with van der Waals surface area (Å²) in [6, 6.07) is 8.05. The summed E-state index contributed by atoms with van der Waals surface area (Å²) in [7, 11) is 0. The Hall–Kier alpha value is -1.35. The van der Waals surface area contributed by atoms with Crippen LogP contribution in [-0.2, 0) is 4.79 Å². The van der Waals surface area contributed by atoms with E-state index in [-0.39, 0.29) is 12.1 Å². The van der Waals surface area contributed by atoms with Gasteiger partial charge in [0, 0.05) is 6.04 Å². The third kappa shape index (κ3) is 1.63. The van der Waals surface area contributed by atoms with Crippen LogP contribution in [0, 0.1) is 6.92 Å². The normalized spacial score (nSPS) is 25.5. The van der Waals surface area contributed by atoms with Gasteiger partial charge in [0.05, 0.1) is 0 Å². The number of nitrogens with one attached hydrogen (secondary N) is 1. The molecule has 0 radical (unpaired) electrons. The van der Waals surface area contributed by atoms with Gasteiger partial charge in [0.25, 0.3) is 0 Å². The van der Waals surface area contributed by atoms with Gasteiger partial charge in [-0.05, 0) is 18.9 Å². The van der Waals surface area contributed by atoms with Crippen LogP contribution in [0.3, 0.4) is 0 Å². The fourth-order valence-electron chi connectivity index (χ4n) is 1.66. The Labute approximate surface area is 82.8 Å². The summed E-state index contributed by atoms with van der Waals surface area (Å²) in [5.74, 6) is -0.756. The lowest BCUT2D eigenvalue weighted by Gasteiger charge is -2.34. The number of aryl methyl sites for hydroxylation is 1. The van der Waals surface area contributed by atoms with Crippen LogP contribution in [0.1, 0.15) is 23.6 Å². The van der Waals surface area contributed by atoms with Gasteiger partial charge in [0.2, 0.25) is 0 Å². The van der Waals surface area contributed by atoms with Crippen molar-refractivity contribution in [2.24, 2.45) is 0 Å². The third-order valence-corrected chi connectivity index (χ3v) is 2.65. The first-order valence-corrected chi connectivity index (χ1v) is 4.72. The predicted molar refractivity (Wildman–Crippen MR) is 53.1 cm³/mol. The van der Waals surface area contributed by atoms with Crippen LogP contribution in [0.2, 0.25) is 0 Å². The molecule has 0 aliphatic carbocycles. The van der Waals surface area contributed by atoms with Crippen molar-refractivity contribution in [2.45, 2.75) is 25.4 Å². The zero-order chi connectivity index (χ0) is 10.1. The van der Waals surface area contributed by atoms with E-state index < -0.39 is 5.97 Å². The first-order valence-electron chi connectivity index (χ1n) is 4.72. The second kappa shape index (κ2) is 3.42. The van der Waals surface area contributed by atoms with Crippen molar-refractivity contribution in [1.82, 2.24) is 5.32 Å². The van der Waals surface area contributed by atoms with Crippen LogP contribution in [0.4, 0.5) is 0 Å². The number of rotatable bonds is 2. The van der Waals surface area contributed by atoms with Crippen LogP contribution in [0.25, 0.3) is 0 Å². The van der Waals surface area contributed by atoms with Crippen molar-refractivity contribution in [3.63, 3.8) is 0 Å². The summed E-state index contributed by atoms with van der Waals surface area (Å²) in [4.78, 5) is 10.6. The number of benzene rings is 1. The van der Waals surface area contributed by atoms with Gasteiger partial charge in [-0.15, -0.1) is 0 Å². The van der Waals surface area contributed by atoms with Crippen molar-refractivity contribution in [3.8, 4) is 0 Å². The lowest BCUT2D eigenvalue weighted by atomic mass is 9.90. The molecule has 14 heavy (non-hydrogen) atoms. The van der Waals surface area contributed by atoms with Crippen LogP contribution >= 0.6 is 0 Å². The Morgan fingerprint density at radius 3 is 2.50 bits per heavy atom. The highest BCUT2D eigenvalue weighted by molar-refractivity contribution is 5.75. The van der Waals surface area contributed by atoms with Gasteiger partial charge >= 0.3 is 5.97 Å². The van der Waals surface area contributed by atoms with Gasteiger partial charge in [-0.1, -0.05) is 29.8 Å². The van der Waals surface area contributed by atoms with Crippen molar-refractivity contribution in [2.75, 3.05) is 0 Å². The average Bonchev–Trinajstić information content (AvgIpc) is 2.05. The van der Waals surface area contributed by atoms with Gasteiger partial charge in [-0.3, -0.25) is 10.1 Å². The lowest BCUT2D eigenvalue weighted by Crippen LogP contribution is -2.50. The van der Waals surface area contributed by atoms with Crippen molar-refractivity contribution in [1.29, 1.82) is 0 Å². The molecule has 0 bridgehead atoms. The van der Waals surface area contributed by atoms with E-state index in [1.54, 1.807) is 0 Å². The molecule has 1 aromatic rings. The maximum atomic E-state index is 10.6. The average molecular weight is 191 g/mol. The molecule has 2 N–H and O–H groups in total. The van der Waals surface area contributed by atoms with Crippen molar-refractivity contribution < 1.29 is 9.90 Å². The van der Waals surface area contributed by atoms with E-state index in [1.165, 1.54) is 11.1 Å². The second-order valence-electron chi connectivity index (χ2n) is 3.76. The van der Waals surface area contributed by atoms with E-state index in [2.05, 4.69) is 5.32 Å². The first-order chi connectivity index (χ1) is 6.66. The fraction of sp³-hybridized carbons (Fsp3) is 0.364. The van der Waals surface area contributed by atoms with E-state index in [9.17, 15) is 4.79 Å². The molecule has 1 saturated heterocycles. The summed E-state index contributed by atoms with van der Waals surface area (Å²) in [6.07, 6.45) is 0.693. The second-order valence-corrected chi connectivity index (χ2v) is 3.76. The van der Waals surface area contributed by atoms with E-state index in [1.807, 2.05) is 31.2 Å². The molecule has 0 saturated carbocycles. The Morgan fingerprint density at radius 1 is 1.43 bits per heavy atom. The van der Waals surface area contributed by atoms with Crippen LogP contribution in [0.15, 0.2) is 24.3 Å². The summed E-state index contributed by atoms with van der Waals surface area (Å²) in [6.45, 7) is 2.04. The fourth-order valence-corrected chi connectivity index (χ4v) is 1.66. The SMILES string of the molecule is Cc1ccc(C2CC(C(=O)O)N2)cc1. The lowest BCUT2D eigenvalue weighted by molar-refractivity contribution is -0.142. The molecular weight excluding hydrogens is 178 g/mol. The van der Waals surface area contributed by atoms with E-state index in [0.717, 1.165) is 0 Å². The highest BCUT2D eigenvalue weighted by Crippen LogP contribution is 2.27. The molecule has 2 atom stereocenters. The minimum atomic E-state index is -0.756. The first kappa shape index (κ1) is 9.21. The zero-order valence-electron chi connectivity index (χ0n) is 8.03. The molecule has 0 spiro atoms. The molecule has 1 aromatic carbocycles. The van der Waals surface area contributed by atoms with Crippen LogP contribution in [-0.4, -0.2) is 17.1 Å². The van der Waals surface area contributed by atoms with Gasteiger partial charge in [-0.2, -0.15) is 0 Å². The monoisotopic (exact) mass is 191 g/mol. The van der Waals surface area contributed by atoms with Gasteiger partial charge in [0.1, 0.15) is 6.04 Å². The number of carbonyl (C=O) groups is 1. The molecular formula is C11H13NO2. The maximum absolute atomic E-state index is 10.6. The summed E-state index contributed by atoms with van der Waals surface area (Å²) in [5.41, 5.74) is 2.40. The van der Waals surface area contributed by atoms with Crippen LogP contribution < -0.4 is 5.32 Å². The Balaban J connectivity index is 2.00. The van der Waals surface area contributed by atoms with Crippen molar-refractivity contribution >= 4 is 5.97 Å². The summed E-state index contributed by atoms with van der Waals surface area (Å²) >= 11 is 0. The number of hydrogen-bond donors (Lipinski definition) is 2. The van der Waals surface area contributed by atoms with E-state index in [4.69, 9.17) is 5.11 Å². The minimum Gasteiger partial charge on any atom is -0.480 e. The van der Waals surface area contributed by atoms with E-state index in [0.29, 0.717) is 6.42 Å². The van der Waals surface area contributed by atoms with Gasteiger partial charge < -0.3 is 5.11 Å². The molecule has 3 nitrogen and oxygen atoms in total. The highest BCUT2D eigenvalue weighted by Gasteiger charge is 2.34. The minimum absolute atomic E-state index is 0.219. The number of carboxylic acid groups (broad SMARTS) is 1. The molecule has 1 aliphatic rings.